The van der Waals surface area contributed by atoms with E-state index in [1.165, 1.54) is 21.5 Å². The van der Waals surface area contributed by atoms with Gasteiger partial charge in [0.15, 0.2) is 0 Å². The average molecular weight is 563 g/mol. The van der Waals surface area contributed by atoms with E-state index in [4.69, 9.17) is 0 Å². The summed E-state index contributed by atoms with van der Waals surface area (Å²) in [4.78, 5) is 32.9. The molecule has 0 aliphatic rings. The number of fused-ring (bicyclic) bond motifs is 1. The van der Waals surface area contributed by atoms with E-state index in [0.29, 0.717) is 34.6 Å². The van der Waals surface area contributed by atoms with Crippen LogP contribution in [0.1, 0.15) is 43.2 Å². The Hall–Kier alpha value is -5.13. The van der Waals surface area contributed by atoms with Crippen LogP contribution in [-0.2, 0) is 19.8 Å². The fourth-order valence-corrected chi connectivity index (χ4v) is 4.48. The second-order valence-electron chi connectivity index (χ2n) is 9.67. The van der Waals surface area contributed by atoms with Gasteiger partial charge in [0, 0.05) is 42.1 Å². The first-order valence-electron chi connectivity index (χ1n) is 12.5. The van der Waals surface area contributed by atoms with E-state index >= 15 is 0 Å². The molecule has 0 unspecified atom stereocenters. The molecule has 0 saturated heterocycles. The lowest BCUT2D eigenvalue weighted by Crippen LogP contribution is -2.15. The molecule has 0 aliphatic carbocycles. The number of nitrogens with zero attached hydrogens (tertiary/aromatic N) is 4. The van der Waals surface area contributed by atoms with Crippen molar-refractivity contribution in [2.24, 2.45) is 7.05 Å². The number of hydrogen-bond donors (Lipinski definition) is 3. The van der Waals surface area contributed by atoms with E-state index in [2.05, 4.69) is 20.6 Å². The van der Waals surface area contributed by atoms with Crippen molar-refractivity contribution in [1.29, 1.82) is 0 Å². The lowest BCUT2D eigenvalue weighted by Gasteiger charge is -2.14. The number of aryl methyl sites for hydroxylation is 3. The molecule has 1 amide bonds. The van der Waals surface area contributed by atoms with E-state index in [1.54, 1.807) is 56.7 Å². The molecule has 2 aromatic carbocycles. The van der Waals surface area contributed by atoms with Gasteiger partial charge in [0.05, 0.1) is 29.5 Å². The molecule has 0 bridgehead atoms. The molecule has 9 nitrogen and oxygen atoms in total. The highest BCUT2D eigenvalue weighted by atomic mass is 19.4. The Morgan fingerprint density at radius 3 is 2.46 bits per heavy atom. The molecule has 0 radical (unpaired) electrons. The average Bonchev–Trinajstić information content (AvgIpc) is 3.51. The first-order valence-corrected chi connectivity index (χ1v) is 12.5. The Morgan fingerprint density at radius 2 is 1.78 bits per heavy atom. The molecule has 5 aromatic rings. The van der Waals surface area contributed by atoms with Crippen LogP contribution >= 0.6 is 0 Å². The molecule has 0 saturated carbocycles. The topological polar surface area (TPSA) is 114 Å². The van der Waals surface area contributed by atoms with Gasteiger partial charge in [0.25, 0.3) is 5.91 Å². The van der Waals surface area contributed by atoms with Crippen molar-refractivity contribution in [3.05, 3.63) is 101 Å². The smallest absolute Gasteiger partial charge is 0.416 e. The van der Waals surface area contributed by atoms with Crippen molar-refractivity contribution in [2.45, 2.75) is 26.6 Å². The monoisotopic (exact) mass is 562 g/mol. The third kappa shape index (κ3) is 5.76. The highest BCUT2D eigenvalue weighted by Crippen LogP contribution is 2.32. The summed E-state index contributed by atoms with van der Waals surface area (Å²) in [5.41, 5.74) is 3.20. The minimum Gasteiger partial charge on any atom is -0.477 e. The number of alkyl halides is 3. The number of benzene rings is 2. The summed E-state index contributed by atoms with van der Waals surface area (Å²) < 4.78 is 43.8. The summed E-state index contributed by atoms with van der Waals surface area (Å²) in [6.07, 6.45) is -0.0769. The second kappa shape index (κ2) is 10.5. The molecule has 5 rings (SSSR count). The van der Waals surface area contributed by atoms with Gasteiger partial charge in [-0.2, -0.15) is 13.2 Å². The molecule has 12 heteroatoms. The van der Waals surface area contributed by atoms with Gasteiger partial charge in [0.1, 0.15) is 11.3 Å². The molecule has 0 aliphatic heterocycles. The van der Waals surface area contributed by atoms with Gasteiger partial charge < -0.3 is 24.9 Å². The van der Waals surface area contributed by atoms with Gasteiger partial charge in [-0.3, -0.25) is 4.79 Å². The number of carboxylic acid groups (broad SMARTS) is 1. The lowest BCUT2D eigenvalue weighted by atomic mass is 10.1. The van der Waals surface area contributed by atoms with E-state index in [-0.39, 0.29) is 16.9 Å². The van der Waals surface area contributed by atoms with Crippen LogP contribution < -0.4 is 10.6 Å². The molecule has 41 heavy (non-hydrogen) atoms. The number of aromatic nitrogens is 4. The van der Waals surface area contributed by atoms with Crippen LogP contribution in [0.25, 0.3) is 16.7 Å². The summed E-state index contributed by atoms with van der Waals surface area (Å²) in [6, 6.07) is 11.7. The van der Waals surface area contributed by atoms with Crippen molar-refractivity contribution in [1.82, 2.24) is 19.1 Å². The van der Waals surface area contributed by atoms with Gasteiger partial charge in [-0.1, -0.05) is 6.07 Å². The zero-order valence-electron chi connectivity index (χ0n) is 22.2. The predicted molar refractivity (Wildman–Crippen MR) is 147 cm³/mol. The summed E-state index contributed by atoms with van der Waals surface area (Å²) in [7, 11) is 1.63. The van der Waals surface area contributed by atoms with Crippen LogP contribution in [0.15, 0.2) is 67.3 Å². The van der Waals surface area contributed by atoms with Gasteiger partial charge in [-0.15, -0.1) is 0 Å². The number of aromatic carboxylic acids is 1. The first-order chi connectivity index (χ1) is 19.4. The Balaban J connectivity index is 1.36. The van der Waals surface area contributed by atoms with Crippen LogP contribution in [0, 0.1) is 13.8 Å². The normalized spacial score (nSPS) is 11.6. The Labute approximate surface area is 232 Å². The van der Waals surface area contributed by atoms with Crippen molar-refractivity contribution < 1.29 is 27.9 Å². The van der Waals surface area contributed by atoms with E-state index in [0.717, 1.165) is 23.3 Å². The summed E-state index contributed by atoms with van der Waals surface area (Å²) in [6.45, 7) is 3.97. The van der Waals surface area contributed by atoms with E-state index in [1.807, 2.05) is 6.92 Å². The van der Waals surface area contributed by atoms with Crippen molar-refractivity contribution >= 4 is 34.3 Å². The van der Waals surface area contributed by atoms with Crippen LogP contribution in [0.2, 0.25) is 0 Å². The van der Waals surface area contributed by atoms with Crippen molar-refractivity contribution in [3.8, 4) is 5.69 Å². The molecular weight excluding hydrogens is 537 g/mol. The third-order valence-corrected chi connectivity index (χ3v) is 6.69. The van der Waals surface area contributed by atoms with Gasteiger partial charge in [-0.25, -0.2) is 14.8 Å². The Kier molecular flexibility index (Phi) is 6.99. The molecule has 3 aromatic heterocycles. The van der Waals surface area contributed by atoms with Gasteiger partial charge >= 0.3 is 12.1 Å². The maximum absolute atomic E-state index is 13.6. The standard InChI is InChI=1S/C29H25F3N6O3/c1-16-4-5-22(8-20(16)12-33-23-7-18-10-25(28(40)41)37(3)26(18)34-13-23)36-27(39)19-6-21(29(30,31)32)11-24(9-19)38-14-17(2)35-15-38/h4-11,13-15,33H,12H2,1-3H3,(H,36,39)(H,40,41). The number of rotatable bonds is 7. The molecule has 0 atom stereocenters. The number of hydrogen-bond acceptors (Lipinski definition) is 5. The van der Waals surface area contributed by atoms with Crippen LogP contribution in [0.5, 0.6) is 0 Å². The predicted octanol–water partition coefficient (Wildman–Crippen LogP) is 5.96. The maximum Gasteiger partial charge on any atom is 0.416 e. The Morgan fingerprint density at radius 1 is 1.00 bits per heavy atom. The molecule has 3 N–H and O–H groups in total. The van der Waals surface area contributed by atoms with Crippen molar-refractivity contribution in [3.63, 3.8) is 0 Å². The first kappa shape index (κ1) is 27.4. The van der Waals surface area contributed by atoms with Gasteiger partial charge in [0.2, 0.25) is 0 Å². The number of nitrogens with one attached hydrogen (secondary N) is 2. The summed E-state index contributed by atoms with van der Waals surface area (Å²) in [5.74, 6) is -1.74. The number of imidazole rings is 1. The number of pyridine rings is 1. The zero-order valence-corrected chi connectivity index (χ0v) is 22.2. The highest BCUT2D eigenvalue weighted by Gasteiger charge is 2.32. The fraction of sp³-hybridized carbons (Fsp3) is 0.172. The molecule has 0 spiro atoms. The van der Waals surface area contributed by atoms with Crippen LogP contribution in [0.3, 0.4) is 0 Å². The van der Waals surface area contributed by atoms with E-state index in [9.17, 15) is 27.9 Å². The molecule has 0 fully saturated rings. The van der Waals surface area contributed by atoms with Crippen LogP contribution in [0.4, 0.5) is 24.5 Å². The van der Waals surface area contributed by atoms with Crippen molar-refractivity contribution in [2.75, 3.05) is 10.6 Å². The number of carboxylic acids is 1. The molecular formula is C29H25F3N6O3. The molecule has 3 heterocycles. The maximum atomic E-state index is 13.6. The SMILES string of the molecule is Cc1cn(-c2cc(C(=O)Nc3ccc(C)c(CNc4cnc5c(c4)cc(C(=O)O)n5C)c3)cc(C(F)(F)F)c2)cn1. The third-order valence-electron chi connectivity index (χ3n) is 6.69. The minimum atomic E-state index is -4.64. The second-order valence-corrected chi connectivity index (χ2v) is 9.67. The Bertz CT molecular complexity index is 1810. The number of carbonyl (C=O) groups excluding carboxylic acids is 1. The van der Waals surface area contributed by atoms with Gasteiger partial charge in [-0.05, 0) is 67.4 Å². The molecule has 210 valence electrons. The zero-order chi connectivity index (χ0) is 29.5. The van der Waals surface area contributed by atoms with E-state index < -0.39 is 23.6 Å². The van der Waals surface area contributed by atoms with Crippen LogP contribution in [-0.4, -0.2) is 36.1 Å². The number of amides is 1. The largest absolute Gasteiger partial charge is 0.477 e. The number of carbonyl (C=O) groups is 2. The minimum absolute atomic E-state index is 0.122. The number of halogens is 3. The quantitative estimate of drug-likeness (QED) is 0.226. The lowest BCUT2D eigenvalue weighted by molar-refractivity contribution is -0.137. The summed E-state index contributed by atoms with van der Waals surface area (Å²) in [5, 5.41) is 16.0. The fourth-order valence-electron chi connectivity index (χ4n) is 4.48. The summed E-state index contributed by atoms with van der Waals surface area (Å²) >= 11 is 0. The highest BCUT2D eigenvalue weighted by molar-refractivity contribution is 6.05. The number of anilines is 2.